The molecule has 1 aromatic heterocycles. The standard InChI is InChI=1S/C17H17BrN2OS/c18-11-3-4-14-12(7-11)15-13(8-17(14)5-6-17)16(19-21-15)20-22-9-10-1-2-10/h3-4,7,10H,1-2,5-6,8-9H2,(H,19,20). The van der Waals surface area contributed by atoms with Crippen molar-refractivity contribution in [3.63, 3.8) is 0 Å². The van der Waals surface area contributed by atoms with Crippen LogP contribution in [-0.2, 0) is 11.8 Å². The summed E-state index contributed by atoms with van der Waals surface area (Å²) in [6.45, 7) is 0. The highest BCUT2D eigenvalue weighted by Gasteiger charge is 2.50. The van der Waals surface area contributed by atoms with Gasteiger partial charge in [0.1, 0.15) is 0 Å². The van der Waals surface area contributed by atoms with Gasteiger partial charge >= 0.3 is 0 Å². The van der Waals surface area contributed by atoms with E-state index in [1.807, 2.05) is 0 Å². The Kier molecular flexibility index (Phi) is 2.93. The molecule has 0 radical (unpaired) electrons. The molecule has 2 saturated carbocycles. The van der Waals surface area contributed by atoms with E-state index in [2.05, 4.69) is 44.0 Å². The number of anilines is 1. The highest BCUT2D eigenvalue weighted by atomic mass is 79.9. The lowest BCUT2D eigenvalue weighted by molar-refractivity contribution is 0.432. The van der Waals surface area contributed by atoms with Crippen molar-refractivity contribution in [2.24, 2.45) is 5.92 Å². The molecular formula is C17H17BrN2OS. The van der Waals surface area contributed by atoms with Crippen molar-refractivity contribution >= 4 is 33.7 Å². The van der Waals surface area contributed by atoms with Crippen LogP contribution in [0.3, 0.4) is 0 Å². The first-order valence-electron chi connectivity index (χ1n) is 7.92. The van der Waals surface area contributed by atoms with Gasteiger partial charge in [-0.05, 0) is 55.7 Å². The van der Waals surface area contributed by atoms with Crippen LogP contribution in [0.2, 0.25) is 0 Å². The van der Waals surface area contributed by atoms with E-state index >= 15 is 0 Å². The largest absolute Gasteiger partial charge is 0.354 e. The predicted molar refractivity (Wildman–Crippen MR) is 93.1 cm³/mol. The Morgan fingerprint density at radius 3 is 3.00 bits per heavy atom. The maximum atomic E-state index is 5.72. The number of hydrogen-bond acceptors (Lipinski definition) is 4. The molecule has 2 aromatic rings. The summed E-state index contributed by atoms with van der Waals surface area (Å²) in [5.74, 6) is 3.99. The number of nitrogens with zero attached hydrogens (tertiary/aromatic N) is 1. The molecule has 3 nitrogen and oxygen atoms in total. The highest BCUT2D eigenvalue weighted by Crippen LogP contribution is 2.58. The van der Waals surface area contributed by atoms with E-state index in [-0.39, 0.29) is 0 Å². The summed E-state index contributed by atoms with van der Waals surface area (Å²) in [5.41, 5.74) is 4.27. The number of fused-ring (bicyclic) bond motifs is 4. The maximum Gasteiger partial charge on any atom is 0.183 e. The summed E-state index contributed by atoms with van der Waals surface area (Å²) < 4.78 is 10.3. The number of benzene rings is 1. The van der Waals surface area contributed by atoms with E-state index in [0.717, 1.165) is 28.4 Å². The SMILES string of the molecule is Brc1ccc2c(c1)-c1onc(NSCC3CC3)c1CC21CC1. The van der Waals surface area contributed by atoms with Crippen LogP contribution >= 0.6 is 27.9 Å². The average molecular weight is 377 g/mol. The molecular weight excluding hydrogens is 360 g/mol. The van der Waals surface area contributed by atoms with Gasteiger partial charge in [-0.15, -0.1) is 0 Å². The minimum absolute atomic E-state index is 0.339. The Bertz CT molecular complexity index is 749. The minimum Gasteiger partial charge on any atom is -0.354 e. The molecule has 0 saturated heterocycles. The topological polar surface area (TPSA) is 38.1 Å². The zero-order valence-corrected chi connectivity index (χ0v) is 14.6. The summed E-state index contributed by atoms with van der Waals surface area (Å²) in [4.78, 5) is 0. The minimum atomic E-state index is 0.339. The lowest BCUT2D eigenvalue weighted by atomic mass is 9.79. The third kappa shape index (κ3) is 2.13. The summed E-state index contributed by atoms with van der Waals surface area (Å²) >= 11 is 5.37. The molecule has 0 unspecified atom stereocenters. The van der Waals surface area contributed by atoms with Gasteiger partial charge in [0.15, 0.2) is 11.6 Å². The first-order valence-corrected chi connectivity index (χ1v) is 9.70. The van der Waals surface area contributed by atoms with Crippen molar-refractivity contribution in [1.82, 2.24) is 5.16 Å². The van der Waals surface area contributed by atoms with Crippen molar-refractivity contribution in [3.8, 4) is 11.3 Å². The van der Waals surface area contributed by atoms with Crippen LogP contribution in [0.25, 0.3) is 11.3 Å². The third-order valence-electron chi connectivity index (χ3n) is 5.14. The molecule has 114 valence electrons. The van der Waals surface area contributed by atoms with Crippen molar-refractivity contribution in [1.29, 1.82) is 0 Å². The molecule has 1 spiro atoms. The Labute approximate surface area is 142 Å². The number of halogens is 1. The van der Waals surface area contributed by atoms with E-state index in [0.29, 0.717) is 5.41 Å². The lowest BCUT2D eigenvalue weighted by Gasteiger charge is -2.24. The van der Waals surface area contributed by atoms with Gasteiger partial charge in [-0.2, -0.15) is 0 Å². The quantitative estimate of drug-likeness (QED) is 0.747. The molecule has 22 heavy (non-hydrogen) atoms. The van der Waals surface area contributed by atoms with E-state index in [9.17, 15) is 0 Å². The maximum absolute atomic E-state index is 5.72. The summed E-state index contributed by atoms with van der Waals surface area (Å²) in [5, 5.41) is 4.31. The molecule has 0 bridgehead atoms. The van der Waals surface area contributed by atoms with Crippen LogP contribution in [0.1, 0.15) is 36.8 Å². The average Bonchev–Trinajstić information content (AvgIpc) is 3.41. The monoisotopic (exact) mass is 376 g/mol. The zero-order chi connectivity index (χ0) is 14.7. The van der Waals surface area contributed by atoms with Gasteiger partial charge in [0, 0.05) is 26.8 Å². The normalized spacial score (nSPS) is 20.6. The zero-order valence-electron chi connectivity index (χ0n) is 12.2. The van der Waals surface area contributed by atoms with E-state index in [1.165, 1.54) is 48.1 Å². The van der Waals surface area contributed by atoms with Crippen LogP contribution in [-0.4, -0.2) is 10.9 Å². The molecule has 2 fully saturated rings. The molecule has 1 N–H and O–H groups in total. The number of rotatable bonds is 4. The molecule has 0 aliphatic heterocycles. The van der Waals surface area contributed by atoms with Gasteiger partial charge < -0.3 is 9.25 Å². The number of aromatic nitrogens is 1. The molecule has 5 heteroatoms. The van der Waals surface area contributed by atoms with Crippen LogP contribution < -0.4 is 4.72 Å². The first kappa shape index (κ1) is 13.5. The van der Waals surface area contributed by atoms with E-state index in [4.69, 9.17) is 4.52 Å². The molecule has 0 atom stereocenters. The Morgan fingerprint density at radius 2 is 2.23 bits per heavy atom. The van der Waals surface area contributed by atoms with Crippen LogP contribution in [0.5, 0.6) is 0 Å². The Hall–Kier alpha value is -0.940. The van der Waals surface area contributed by atoms with Gasteiger partial charge in [-0.1, -0.05) is 39.1 Å². The van der Waals surface area contributed by atoms with Crippen molar-refractivity contribution in [3.05, 3.63) is 33.8 Å². The highest BCUT2D eigenvalue weighted by molar-refractivity contribution is 9.10. The van der Waals surface area contributed by atoms with Gasteiger partial charge in [-0.3, -0.25) is 0 Å². The summed E-state index contributed by atoms with van der Waals surface area (Å²) in [7, 11) is 0. The van der Waals surface area contributed by atoms with E-state index < -0.39 is 0 Å². The van der Waals surface area contributed by atoms with Gasteiger partial charge in [0.25, 0.3) is 0 Å². The van der Waals surface area contributed by atoms with Gasteiger partial charge in [0.2, 0.25) is 0 Å². The second kappa shape index (κ2) is 4.78. The molecule has 3 aliphatic rings. The fourth-order valence-corrected chi connectivity index (χ4v) is 4.79. The van der Waals surface area contributed by atoms with Gasteiger partial charge in [0.05, 0.1) is 0 Å². The number of nitrogens with one attached hydrogen (secondary N) is 1. The second-order valence-electron chi connectivity index (χ2n) is 6.84. The number of hydrogen-bond donors (Lipinski definition) is 1. The third-order valence-corrected chi connectivity index (χ3v) is 6.61. The van der Waals surface area contributed by atoms with Gasteiger partial charge in [-0.25, -0.2) is 0 Å². The molecule has 1 aromatic carbocycles. The Balaban J connectivity index is 1.51. The van der Waals surface area contributed by atoms with Crippen molar-refractivity contribution in [2.75, 3.05) is 10.5 Å². The Morgan fingerprint density at radius 1 is 1.36 bits per heavy atom. The second-order valence-corrected chi connectivity index (χ2v) is 8.58. The smallest absolute Gasteiger partial charge is 0.183 e. The van der Waals surface area contributed by atoms with E-state index in [1.54, 1.807) is 11.9 Å². The fourth-order valence-electron chi connectivity index (χ4n) is 3.47. The van der Waals surface area contributed by atoms with Crippen molar-refractivity contribution in [2.45, 2.75) is 37.5 Å². The molecule has 1 heterocycles. The lowest BCUT2D eigenvalue weighted by Crippen LogP contribution is -2.17. The van der Waals surface area contributed by atoms with Crippen LogP contribution in [0.4, 0.5) is 5.82 Å². The molecule has 3 aliphatic carbocycles. The summed E-state index contributed by atoms with van der Waals surface area (Å²) in [6.07, 6.45) is 6.39. The van der Waals surface area contributed by atoms with Crippen LogP contribution in [0, 0.1) is 5.92 Å². The van der Waals surface area contributed by atoms with Crippen LogP contribution in [0.15, 0.2) is 27.2 Å². The molecule has 5 rings (SSSR count). The predicted octanol–water partition coefficient (Wildman–Crippen LogP) is 5.16. The summed E-state index contributed by atoms with van der Waals surface area (Å²) in [6, 6.07) is 6.58. The van der Waals surface area contributed by atoms with Crippen molar-refractivity contribution < 1.29 is 4.52 Å². The first-order chi connectivity index (χ1) is 10.8. The fraction of sp³-hybridized carbons (Fsp3) is 0.471. The molecule has 0 amide bonds.